The predicted octanol–water partition coefficient (Wildman–Crippen LogP) is 4.48. The third-order valence-corrected chi connectivity index (χ3v) is 3.82. The molecule has 3 rings (SSSR count). The van der Waals surface area contributed by atoms with Crippen LogP contribution in [0.2, 0.25) is 0 Å². The Morgan fingerprint density at radius 3 is 2.33 bits per heavy atom. The van der Waals surface area contributed by atoms with Crippen LogP contribution < -0.4 is 5.73 Å². The van der Waals surface area contributed by atoms with Crippen molar-refractivity contribution in [2.45, 2.75) is 0 Å². The van der Waals surface area contributed by atoms with Gasteiger partial charge in [0, 0.05) is 28.8 Å². The number of thiazole rings is 1. The van der Waals surface area contributed by atoms with Crippen LogP contribution in [-0.2, 0) is 0 Å². The predicted molar refractivity (Wildman–Crippen MR) is 77.3 cm³/mol. The molecule has 0 bridgehead atoms. The van der Waals surface area contributed by atoms with Crippen molar-refractivity contribution in [2.75, 3.05) is 5.73 Å². The average Bonchev–Trinajstić information content (AvgIpc) is 2.87. The molecule has 0 saturated carbocycles. The second-order valence-corrected chi connectivity index (χ2v) is 5.23. The molecule has 0 aliphatic carbocycles. The van der Waals surface area contributed by atoms with Crippen LogP contribution in [0.3, 0.4) is 0 Å². The number of anilines is 1. The molecule has 2 nitrogen and oxygen atoms in total. The van der Waals surface area contributed by atoms with Gasteiger partial charge in [0.1, 0.15) is 22.5 Å². The van der Waals surface area contributed by atoms with E-state index in [-0.39, 0.29) is 10.6 Å². The lowest BCUT2D eigenvalue weighted by atomic mass is 10.1. The summed E-state index contributed by atoms with van der Waals surface area (Å²) >= 11 is 1.07. The Kier molecular flexibility index (Phi) is 3.39. The summed E-state index contributed by atoms with van der Waals surface area (Å²) in [5.74, 6) is -2.92. The molecule has 106 valence electrons. The summed E-state index contributed by atoms with van der Waals surface area (Å²) in [5, 5.41) is 1.80. The third kappa shape index (κ3) is 2.50. The van der Waals surface area contributed by atoms with Gasteiger partial charge >= 0.3 is 0 Å². The molecule has 6 heteroatoms. The largest absolute Gasteiger partial charge is 0.398 e. The van der Waals surface area contributed by atoms with Gasteiger partial charge in [0.2, 0.25) is 0 Å². The number of hydrogen-bond donors (Lipinski definition) is 1. The summed E-state index contributed by atoms with van der Waals surface area (Å²) in [6.45, 7) is 0. The van der Waals surface area contributed by atoms with Gasteiger partial charge in [-0.3, -0.25) is 0 Å². The van der Waals surface area contributed by atoms with E-state index in [1.54, 1.807) is 29.6 Å². The SMILES string of the molecule is Nc1ccccc1-c1csc(-c2c(F)cc(F)cc2F)n1. The first kappa shape index (κ1) is 13.6. The maximum Gasteiger partial charge on any atom is 0.139 e. The van der Waals surface area contributed by atoms with Crippen LogP contribution in [0.5, 0.6) is 0 Å². The monoisotopic (exact) mass is 306 g/mol. The minimum atomic E-state index is -0.977. The van der Waals surface area contributed by atoms with Crippen molar-refractivity contribution < 1.29 is 13.2 Å². The lowest BCUT2D eigenvalue weighted by Gasteiger charge is -2.02. The number of nitrogen functional groups attached to an aromatic ring is 1. The molecule has 0 amide bonds. The molecule has 0 aliphatic rings. The summed E-state index contributed by atoms with van der Waals surface area (Å²) in [6, 6.07) is 8.33. The fourth-order valence-corrected chi connectivity index (χ4v) is 2.86. The van der Waals surface area contributed by atoms with E-state index in [0.29, 0.717) is 29.1 Å². The quantitative estimate of drug-likeness (QED) is 0.709. The second kappa shape index (κ2) is 5.21. The van der Waals surface area contributed by atoms with Gasteiger partial charge in [-0.1, -0.05) is 18.2 Å². The van der Waals surface area contributed by atoms with Crippen LogP contribution in [0.4, 0.5) is 18.9 Å². The van der Waals surface area contributed by atoms with E-state index in [9.17, 15) is 13.2 Å². The molecule has 0 radical (unpaired) electrons. The van der Waals surface area contributed by atoms with Crippen LogP contribution in [0.15, 0.2) is 41.8 Å². The Morgan fingerprint density at radius 2 is 1.67 bits per heavy atom. The molecule has 0 saturated heterocycles. The van der Waals surface area contributed by atoms with E-state index in [4.69, 9.17) is 5.73 Å². The molecule has 3 aromatic rings. The maximum atomic E-state index is 13.7. The van der Waals surface area contributed by atoms with Gasteiger partial charge in [-0.25, -0.2) is 18.2 Å². The Labute approximate surface area is 122 Å². The molecule has 2 aromatic carbocycles. The minimum absolute atomic E-state index is 0.142. The number of nitrogens with zero attached hydrogens (tertiary/aromatic N) is 1. The first-order chi connectivity index (χ1) is 10.1. The lowest BCUT2D eigenvalue weighted by Crippen LogP contribution is -1.93. The Hall–Kier alpha value is -2.34. The van der Waals surface area contributed by atoms with E-state index in [1.165, 1.54) is 0 Å². The first-order valence-electron chi connectivity index (χ1n) is 6.01. The second-order valence-electron chi connectivity index (χ2n) is 4.37. The normalized spacial score (nSPS) is 10.8. The van der Waals surface area contributed by atoms with E-state index in [1.807, 2.05) is 0 Å². The highest BCUT2D eigenvalue weighted by Crippen LogP contribution is 2.34. The highest BCUT2D eigenvalue weighted by molar-refractivity contribution is 7.13. The van der Waals surface area contributed by atoms with Crippen LogP contribution in [0.25, 0.3) is 21.8 Å². The van der Waals surface area contributed by atoms with Crippen LogP contribution in [0, 0.1) is 17.5 Å². The molecule has 0 unspecified atom stereocenters. The summed E-state index contributed by atoms with van der Waals surface area (Å²) in [6.07, 6.45) is 0. The maximum absolute atomic E-state index is 13.7. The number of benzene rings is 2. The van der Waals surface area contributed by atoms with Crippen molar-refractivity contribution in [1.82, 2.24) is 4.98 Å². The van der Waals surface area contributed by atoms with Gasteiger partial charge in [-0.05, 0) is 6.07 Å². The molecular weight excluding hydrogens is 297 g/mol. The molecule has 0 aliphatic heterocycles. The first-order valence-corrected chi connectivity index (χ1v) is 6.89. The van der Waals surface area contributed by atoms with Gasteiger partial charge in [0.05, 0.1) is 11.3 Å². The van der Waals surface area contributed by atoms with Crippen molar-refractivity contribution in [3.8, 4) is 21.8 Å². The zero-order valence-corrected chi connectivity index (χ0v) is 11.4. The lowest BCUT2D eigenvalue weighted by molar-refractivity contribution is 0.548. The van der Waals surface area contributed by atoms with Crippen LogP contribution in [0.1, 0.15) is 0 Å². The minimum Gasteiger partial charge on any atom is -0.398 e. The van der Waals surface area contributed by atoms with Gasteiger partial charge in [0.15, 0.2) is 0 Å². The number of nitrogens with two attached hydrogens (primary N) is 1. The standard InChI is InChI=1S/C15H9F3N2S/c16-8-5-10(17)14(11(18)6-8)15-20-13(7-21-15)9-3-1-2-4-12(9)19/h1-7H,19H2. The van der Waals surface area contributed by atoms with Crippen molar-refractivity contribution in [3.05, 3.63) is 59.2 Å². The van der Waals surface area contributed by atoms with Crippen molar-refractivity contribution in [3.63, 3.8) is 0 Å². The summed E-state index contributed by atoms with van der Waals surface area (Å²) in [7, 11) is 0. The smallest absolute Gasteiger partial charge is 0.139 e. The fourth-order valence-electron chi connectivity index (χ4n) is 1.99. The van der Waals surface area contributed by atoms with Crippen LogP contribution >= 0.6 is 11.3 Å². The third-order valence-electron chi connectivity index (χ3n) is 2.96. The number of halogens is 3. The zero-order valence-electron chi connectivity index (χ0n) is 10.6. The molecule has 1 heterocycles. The van der Waals surface area contributed by atoms with Crippen molar-refractivity contribution in [1.29, 1.82) is 0 Å². The molecule has 0 spiro atoms. The van der Waals surface area contributed by atoms with E-state index in [0.717, 1.165) is 11.3 Å². The number of hydrogen-bond acceptors (Lipinski definition) is 3. The summed E-state index contributed by atoms with van der Waals surface area (Å²) < 4.78 is 40.4. The molecule has 1 aromatic heterocycles. The van der Waals surface area contributed by atoms with E-state index < -0.39 is 17.5 Å². The van der Waals surface area contributed by atoms with Gasteiger partial charge in [-0.15, -0.1) is 11.3 Å². The van der Waals surface area contributed by atoms with Gasteiger partial charge in [0.25, 0.3) is 0 Å². The Balaban J connectivity index is 2.10. The van der Waals surface area contributed by atoms with Gasteiger partial charge in [-0.2, -0.15) is 0 Å². The zero-order chi connectivity index (χ0) is 15.0. The fraction of sp³-hybridized carbons (Fsp3) is 0. The van der Waals surface area contributed by atoms with E-state index >= 15 is 0 Å². The average molecular weight is 306 g/mol. The highest BCUT2D eigenvalue weighted by atomic mass is 32.1. The number of para-hydroxylation sites is 1. The van der Waals surface area contributed by atoms with Crippen molar-refractivity contribution >= 4 is 17.0 Å². The summed E-state index contributed by atoms with van der Waals surface area (Å²) in [4.78, 5) is 4.20. The molecule has 0 fully saturated rings. The summed E-state index contributed by atoms with van der Waals surface area (Å²) in [5.41, 5.74) is 7.25. The van der Waals surface area contributed by atoms with Crippen LogP contribution in [-0.4, -0.2) is 4.98 Å². The Morgan fingerprint density at radius 1 is 1.00 bits per heavy atom. The Bertz CT molecular complexity index is 791. The van der Waals surface area contributed by atoms with E-state index in [2.05, 4.69) is 4.98 Å². The number of rotatable bonds is 2. The number of aromatic nitrogens is 1. The topological polar surface area (TPSA) is 38.9 Å². The molecule has 21 heavy (non-hydrogen) atoms. The molecule has 0 atom stereocenters. The highest BCUT2D eigenvalue weighted by Gasteiger charge is 2.17. The molecule has 2 N–H and O–H groups in total. The van der Waals surface area contributed by atoms with Crippen molar-refractivity contribution in [2.24, 2.45) is 0 Å². The van der Waals surface area contributed by atoms with Gasteiger partial charge < -0.3 is 5.73 Å². The molecular formula is C15H9F3N2S.